The molecule has 212 valence electrons. The molecular formula is C30H42N10. The lowest BCUT2D eigenvalue weighted by Crippen LogP contribution is -2.36. The summed E-state index contributed by atoms with van der Waals surface area (Å²) in [4.78, 5) is 4.95. The van der Waals surface area contributed by atoms with Crippen molar-refractivity contribution in [3.8, 4) is 0 Å². The van der Waals surface area contributed by atoms with Gasteiger partial charge in [0.25, 0.3) is 0 Å². The maximum atomic E-state index is 4.42. The highest BCUT2D eigenvalue weighted by molar-refractivity contribution is 5.54. The summed E-state index contributed by atoms with van der Waals surface area (Å²) in [5.41, 5.74) is 4.19. The largest absolute Gasteiger partial charge is 0.421 e. The highest BCUT2D eigenvalue weighted by Gasteiger charge is 2.15. The van der Waals surface area contributed by atoms with Gasteiger partial charge in [0.05, 0.1) is 53.0 Å². The van der Waals surface area contributed by atoms with Crippen LogP contribution in [0.3, 0.4) is 0 Å². The summed E-state index contributed by atoms with van der Waals surface area (Å²) in [6.07, 6.45) is 10.1. The maximum Gasteiger partial charge on any atom is 0.421 e. The molecule has 10 heteroatoms. The molecule has 2 aromatic heterocycles. The first-order valence-electron chi connectivity index (χ1n) is 13.0. The Morgan fingerprint density at radius 3 is 1.20 bits per heavy atom. The molecule has 1 saturated heterocycles. The average molecular weight is 543 g/mol. The van der Waals surface area contributed by atoms with Crippen molar-refractivity contribution in [3.63, 3.8) is 0 Å². The normalized spacial score (nSPS) is 14.2. The van der Waals surface area contributed by atoms with Gasteiger partial charge in [-0.2, -0.15) is 0 Å². The number of nitrogens with zero attached hydrogens (tertiary/aromatic N) is 10. The molecule has 0 bridgehead atoms. The summed E-state index contributed by atoms with van der Waals surface area (Å²) in [7, 11) is 7.87. The molecule has 0 saturated carbocycles. The van der Waals surface area contributed by atoms with Crippen LogP contribution in [0.5, 0.6) is 0 Å². The van der Waals surface area contributed by atoms with E-state index in [1.807, 2.05) is 95.5 Å². The van der Waals surface area contributed by atoms with Crippen LogP contribution in [-0.2, 0) is 28.2 Å². The summed E-state index contributed by atoms with van der Waals surface area (Å²) in [6.45, 7) is 4.10. The van der Waals surface area contributed by atoms with Crippen molar-refractivity contribution in [3.05, 3.63) is 88.2 Å². The average Bonchev–Trinajstić information content (AvgIpc) is 3.41. The number of aromatic nitrogens is 4. The molecule has 0 aliphatic carbocycles. The fourth-order valence-electron chi connectivity index (χ4n) is 4.76. The first-order chi connectivity index (χ1) is 18.5. The Labute approximate surface area is 238 Å². The molecule has 1 aliphatic heterocycles. The Morgan fingerprint density at radius 1 is 0.550 bits per heavy atom. The van der Waals surface area contributed by atoms with E-state index in [4.69, 9.17) is 0 Å². The van der Waals surface area contributed by atoms with Crippen molar-refractivity contribution in [2.45, 2.75) is 12.8 Å². The van der Waals surface area contributed by atoms with Crippen molar-refractivity contribution >= 4 is 34.6 Å². The first-order valence-corrected chi connectivity index (χ1v) is 13.0. The van der Waals surface area contributed by atoms with Crippen molar-refractivity contribution in [2.75, 3.05) is 36.0 Å². The Bertz CT molecular complexity index is 1260. The lowest BCUT2D eigenvalue weighted by Gasteiger charge is -2.33. The number of anilines is 2. The van der Waals surface area contributed by atoms with E-state index >= 15 is 0 Å². The fourth-order valence-corrected chi connectivity index (χ4v) is 4.76. The van der Waals surface area contributed by atoms with Crippen LogP contribution >= 0.6 is 0 Å². The number of hydrogen-bond donors (Lipinski definition) is 0. The molecule has 0 N–H and O–H groups in total. The molecule has 0 unspecified atom stereocenters. The second-order valence-corrected chi connectivity index (χ2v) is 9.75. The zero-order valence-electron chi connectivity index (χ0n) is 24.6. The molecule has 5 rings (SSSR count). The Kier molecular flexibility index (Phi) is 10.3. The molecular weight excluding hydrogens is 500 g/mol. The van der Waals surface area contributed by atoms with Gasteiger partial charge in [-0.15, -0.1) is 0 Å². The van der Waals surface area contributed by atoms with E-state index in [1.165, 1.54) is 11.4 Å². The van der Waals surface area contributed by atoms with E-state index < -0.39 is 0 Å². The summed E-state index contributed by atoms with van der Waals surface area (Å²) in [5.74, 6) is 1.62. The van der Waals surface area contributed by atoms with Crippen LogP contribution in [0.2, 0.25) is 0 Å². The highest BCUT2D eigenvalue weighted by atomic mass is 15.3. The number of hydrogen-bond acceptors (Lipinski definition) is 6. The van der Waals surface area contributed by atoms with Crippen molar-refractivity contribution in [1.29, 1.82) is 0 Å². The van der Waals surface area contributed by atoms with Gasteiger partial charge in [-0.05, 0) is 61.4 Å². The maximum absolute atomic E-state index is 4.42. The zero-order valence-corrected chi connectivity index (χ0v) is 24.6. The number of aryl methyl sites for hydroxylation is 4. The van der Waals surface area contributed by atoms with Gasteiger partial charge in [0.2, 0.25) is 0 Å². The van der Waals surface area contributed by atoms with Crippen molar-refractivity contribution in [2.24, 2.45) is 48.6 Å². The van der Waals surface area contributed by atoms with E-state index in [9.17, 15) is 0 Å². The minimum absolute atomic E-state index is 0. The van der Waals surface area contributed by atoms with Crippen LogP contribution in [0.25, 0.3) is 0 Å². The molecule has 10 nitrogen and oxygen atoms in total. The summed E-state index contributed by atoms with van der Waals surface area (Å²) < 4.78 is 7.81. The van der Waals surface area contributed by atoms with E-state index in [0.717, 1.165) is 62.3 Å². The zero-order chi connectivity index (χ0) is 26.5. The predicted octanol–water partition coefficient (Wildman–Crippen LogP) is 5.85. The molecule has 0 spiro atoms. The third-order valence-corrected chi connectivity index (χ3v) is 6.94. The summed E-state index contributed by atoms with van der Waals surface area (Å²) in [5, 5.41) is 17.6. The Morgan fingerprint density at radius 2 is 0.900 bits per heavy atom. The highest BCUT2D eigenvalue weighted by Crippen LogP contribution is 2.25. The van der Waals surface area contributed by atoms with Gasteiger partial charge in [-0.1, -0.05) is 10.2 Å². The lowest BCUT2D eigenvalue weighted by atomic mass is 10.2. The first kappa shape index (κ1) is 30.2. The number of azo groups is 2. The topological polar surface area (TPSA) is 73.5 Å². The molecule has 2 aromatic carbocycles. The van der Waals surface area contributed by atoms with Gasteiger partial charge >= 0.3 is 11.9 Å². The predicted molar refractivity (Wildman–Crippen MR) is 161 cm³/mol. The van der Waals surface area contributed by atoms with E-state index in [1.54, 1.807) is 0 Å². The SMILES string of the molecule is Cn1cc[n+](C)c1N=Nc1ccc(N2CCCN(c3ccc(N=Nc4n(C)cc[n+]4C)cc3)CCC2)cc1.[CH3-].[CH3-]. The molecule has 40 heavy (non-hydrogen) atoms. The molecule has 1 aliphatic rings. The van der Waals surface area contributed by atoms with E-state index in [2.05, 4.69) is 54.5 Å². The van der Waals surface area contributed by atoms with Crippen LogP contribution in [0.4, 0.5) is 34.6 Å². The van der Waals surface area contributed by atoms with Gasteiger partial charge in [-0.3, -0.25) is 0 Å². The monoisotopic (exact) mass is 542 g/mol. The van der Waals surface area contributed by atoms with Gasteiger partial charge in [0.15, 0.2) is 0 Å². The minimum atomic E-state index is 0. The Hall–Kier alpha value is -4.34. The quantitative estimate of drug-likeness (QED) is 0.174. The molecule has 3 heterocycles. The summed E-state index contributed by atoms with van der Waals surface area (Å²) in [6, 6.07) is 16.8. The molecule has 0 amide bonds. The van der Waals surface area contributed by atoms with Crippen LogP contribution in [0.15, 0.2) is 93.8 Å². The number of imidazole rings is 2. The standard InChI is InChI=1S/C28H36N10.2CH3/c1-33-19-20-34(2)27(33)31-29-23-7-11-25(12-8-23)37-15-5-17-38(18-6-16-37)26-13-9-24(10-14-26)30-32-28-35(3)21-22-36(28)4;;/h7-14,19-22H,5-6,15-18H2,1-4H3;2*1H3/q+2;2*-1. The smallest absolute Gasteiger partial charge is 0.371 e. The lowest BCUT2D eigenvalue weighted by molar-refractivity contribution is -0.657. The van der Waals surface area contributed by atoms with Gasteiger partial charge < -0.3 is 24.7 Å². The number of rotatable bonds is 6. The molecule has 4 aromatic rings. The van der Waals surface area contributed by atoms with E-state index in [-0.39, 0.29) is 14.9 Å². The van der Waals surface area contributed by atoms with Crippen molar-refractivity contribution in [1.82, 2.24) is 9.13 Å². The van der Waals surface area contributed by atoms with Crippen LogP contribution < -0.4 is 18.9 Å². The van der Waals surface area contributed by atoms with Crippen LogP contribution in [-0.4, -0.2) is 35.3 Å². The van der Waals surface area contributed by atoms with Crippen molar-refractivity contribution < 1.29 is 9.13 Å². The van der Waals surface area contributed by atoms with Gasteiger partial charge in [-0.25, -0.2) is 18.3 Å². The fraction of sp³-hybridized carbons (Fsp3) is 0.333. The van der Waals surface area contributed by atoms with E-state index in [0.29, 0.717) is 0 Å². The van der Waals surface area contributed by atoms with Gasteiger partial charge in [0, 0.05) is 47.8 Å². The third-order valence-electron chi connectivity index (χ3n) is 6.94. The Balaban J connectivity index is 0.00000220. The molecule has 0 radical (unpaired) electrons. The minimum Gasteiger partial charge on any atom is -0.371 e. The molecule has 0 atom stereocenters. The summed E-state index contributed by atoms with van der Waals surface area (Å²) >= 11 is 0. The third kappa shape index (κ3) is 6.99. The van der Waals surface area contributed by atoms with Crippen LogP contribution in [0.1, 0.15) is 12.8 Å². The van der Waals surface area contributed by atoms with Gasteiger partial charge in [0.1, 0.15) is 11.4 Å². The second-order valence-electron chi connectivity index (χ2n) is 9.75. The van der Waals surface area contributed by atoms with Crippen LogP contribution in [0, 0.1) is 14.9 Å². The molecule has 1 fully saturated rings. The second kappa shape index (κ2) is 13.6. The number of benzene rings is 2.